The van der Waals surface area contributed by atoms with Crippen molar-refractivity contribution in [2.45, 2.75) is 44.7 Å². The maximum absolute atomic E-state index is 5.82. The third kappa shape index (κ3) is 2.23. The Morgan fingerprint density at radius 3 is 2.64 bits per heavy atom. The fraction of sp³-hybridized carbons (Fsp3) is 0.778. The van der Waals surface area contributed by atoms with Crippen LogP contribution in [0, 0.1) is 6.92 Å². The monoisotopic (exact) mass is 196 g/mol. The van der Waals surface area contributed by atoms with Crippen LogP contribution in [0.5, 0.6) is 0 Å². The Labute approximate surface area is 83.1 Å². The van der Waals surface area contributed by atoms with Crippen molar-refractivity contribution >= 4 is 6.01 Å². The molecule has 0 spiro atoms. The molecule has 0 saturated heterocycles. The zero-order valence-electron chi connectivity index (χ0n) is 8.36. The molecule has 3 N–H and O–H groups in total. The van der Waals surface area contributed by atoms with Gasteiger partial charge in [0.05, 0.1) is 0 Å². The number of hydrogen-bond acceptors (Lipinski definition) is 5. The van der Waals surface area contributed by atoms with Gasteiger partial charge in [-0.3, -0.25) is 0 Å². The minimum atomic E-state index is 0.373. The van der Waals surface area contributed by atoms with Gasteiger partial charge in [-0.05, 0) is 32.6 Å². The lowest BCUT2D eigenvalue weighted by Crippen LogP contribution is -2.32. The molecule has 0 aromatic carbocycles. The van der Waals surface area contributed by atoms with Crippen LogP contribution in [0.4, 0.5) is 6.01 Å². The molecule has 1 fully saturated rings. The predicted molar refractivity (Wildman–Crippen MR) is 52.9 cm³/mol. The van der Waals surface area contributed by atoms with Gasteiger partial charge < -0.3 is 15.6 Å². The summed E-state index contributed by atoms with van der Waals surface area (Å²) in [6.07, 6.45) is 4.32. The van der Waals surface area contributed by atoms with Gasteiger partial charge in [-0.1, -0.05) is 5.16 Å². The first-order valence-electron chi connectivity index (χ1n) is 5.06. The van der Waals surface area contributed by atoms with E-state index in [2.05, 4.69) is 15.5 Å². The summed E-state index contributed by atoms with van der Waals surface area (Å²) < 4.78 is 4.99. The maximum atomic E-state index is 5.82. The summed E-state index contributed by atoms with van der Waals surface area (Å²) in [6, 6.07) is 1.34. The molecule has 1 aliphatic carbocycles. The summed E-state index contributed by atoms with van der Waals surface area (Å²) in [7, 11) is 0. The van der Waals surface area contributed by atoms with E-state index in [0.29, 0.717) is 23.9 Å². The normalized spacial score (nSPS) is 27.6. The van der Waals surface area contributed by atoms with Crippen molar-refractivity contribution in [1.82, 2.24) is 10.1 Å². The summed E-state index contributed by atoms with van der Waals surface area (Å²) in [5, 5.41) is 6.95. The van der Waals surface area contributed by atoms with E-state index in [4.69, 9.17) is 10.3 Å². The van der Waals surface area contributed by atoms with Crippen LogP contribution in [0.25, 0.3) is 0 Å². The number of nitrogens with one attached hydrogen (secondary N) is 1. The van der Waals surface area contributed by atoms with Crippen LogP contribution < -0.4 is 11.1 Å². The molecule has 0 radical (unpaired) electrons. The molecular formula is C9H16N4O. The molecule has 2 rings (SSSR count). The molecule has 0 unspecified atom stereocenters. The van der Waals surface area contributed by atoms with Crippen LogP contribution in [-0.4, -0.2) is 22.2 Å². The molecule has 5 heteroatoms. The van der Waals surface area contributed by atoms with Crippen molar-refractivity contribution in [3.8, 4) is 0 Å². The SMILES string of the molecule is Cc1noc(NC2CCC(N)CC2)n1. The molecule has 1 saturated carbocycles. The number of anilines is 1. The van der Waals surface area contributed by atoms with Crippen molar-refractivity contribution < 1.29 is 4.52 Å². The zero-order valence-corrected chi connectivity index (χ0v) is 8.36. The molecule has 1 heterocycles. The first-order chi connectivity index (χ1) is 6.74. The lowest BCUT2D eigenvalue weighted by molar-refractivity contribution is 0.385. The molecule has 0 aliphatic heterocycles. The Bertz CT molecular complexity index is 291. The summed E-state index contributed by atoms with van der Waals surface area (Å²) in [4.78, 5) is 4.10. The van der Waals surface area contributed by atoms with Gasteiger partial charge in [0.2, 0.25) is 0 Å². The average Bonchev–Trinajstić information content (AvgIpc) is 2.56. The highest BCUT2D eigenvalue weighted by Gasteiger charge is 2.19. The van der Waals surface area contributed by atoms with Crippen LogP contribution in [0.1, 0.15) is 31.5 Å². The third-order valence-corrected chi connectivity index (χ3v) is 2.63. The fourth-order valence-electron chi connectivity index (χ4n) is 1.79. The molecule has 1 aliphatic rings. The number of rotatable bonds is 2. The van der Waals surface area contributed by atoms with Crippen LogP contribution in [0.3, 0.4) is 0 Å². The fourth-order valence-corrected chi connectivity index (χ4v) is 1.79. The summed E-state index contributed by atoms with van der Waals surface area (Å²) >= 11 is 0. The highest BCUT2D eigenvalue weighted by atomic mass is 16.5. The number of hydrogen-bond donors (Lipinski definition) is 2. The van der Waals surface area contributed by atoms with Crippen LogP contribution in [-0.2, 0) is 0 Å². The minimum absolute atomic E-state index is 0.373. The first kappa shape index (κ1) is 9.45. The van der Waals surface area contributed by atoms with E-state index in [1.54, 1.807) is 0 Å². The van der Waals surface area contributed by atoms with Gasteiger partial charge in [0.1, 0.15) is 0 Å². The number of nitrogens with zero attached hydrogens (tertiary/aromatic N) is 2. The Morgan fingerprint density at radius 2 is 2.07 bits per heavy atom. The molecule has 0 amide bonds. The largest absolute Gasteiger partial charge is 0.335 e. The summed E-state index contributed by atoms with van der Waals surface area (Å²) in [5.41, 5.74) is 5.82. The Kier molecular flexibility index (Phi) is 2.67. The van der Waals surface area contributed by atoms with Crippen LogP contribution >= 0.6 is 0 Å². The molecular weight excluding hydrogens is 180 g/mol. The van der Waals surface area contributed by atoms with E-state index >= 15 is 0 Å². The van der Waals surface area contributed by atoms with Gasteiger partial charge in [-0.25, -0.2) is 0 Å². The molecule has 1 aromatic heterocycles. The summed E-state index contributed by atoms with van der Waals surface area (Å²) in [6.45, 7) is 1.81. The van der Waals surface area contributed by atoms with Crippen LogP contribution in [0.2, 0.25) is 0 Å². The standard InChI is InChI=1S/C9H16N4O/c1-6-11-9(14-13-6)12-8-4-2-7(10)3-5-8/h7-8H,2-5,10H2,1H3,(H,11,12,13). The molecule has 78 valence electrons. The quantitative estimate of drug-likeness (QED) is 0.739. The highest BCUT2D eigenvalue weighted by Crippen LogP contribution is 2.20. The predicted octanol–water partition coefficient (Wildman–Crippen LogP) is 1.06. The molecule has 1 aromatic rings. The lowest BCUT2D eigenvalue weighted by Gasteiger charge is -2.25. The van der Waals surface area contributed by atoms with Crippen molar-refractivity contribution in [2.24, 2.45) is 5.73 Å². The van der Waals surface area contributed by atoms with E-state index in [1.165, 1.54) is 0 Å². The van der Waals surface area contributed by atoms with E-state index in [-0.39, 0.29) is 0 Å². The van der Waals surface area contributed by atoms with Gasteiger partial charge in [0, 0.05) is 12.1 Å². The topological polar surface area (TPSA) is 77.0 Å². The molecule has 0 bridgehead atoms. The maximum Gasteiger partial charge on any atom is 0.321 e. The van der Waals surface area contributed by atoms with Gasteiger partial charge in [0.15, 0.2) is 5.82 Å². The van der Waals surface area contributed by atoms with E-state index in [9.17, 15) is 0 Å². The third-order valence-electron chi connectivity index (χ3n) is 2.63. The van der Waals surface area contributed by atoms with Gasteiger partial charge in [0.25, 0.3) is 0 Å². The van der Waals surface area contributed by atoms with E-state index < -0.39 is 0 Å². The first-order valence-corrected chi connectivity index (χ1v) is 5.06. The highest BCUT2D eigenvalue weighted by molar-refractivity contribution is 5.20. The smallest absolute Gasteiger partial charge is 0.321 e. The van der Waals surface area contributed by atoms with Gasteiger partial charge in [-0.2, -0.15) is 4.98 Å². The molecule has 0 atom stereocenters. The molecule has 14 heavy (non-hydrogen) atoms. The lowest BCUT2D eigenvalue weighted by atomic mass is 9.92. The van der Waals surface area contributed by atoms with Crippen molar-refractivity contribution in [2.75, 3.05) is 5.32 Å². The summed E-state index contributed by atoms with van der Waals surface area (Å²) in [5.74, 6) is 0.667. The van der Waals surface area contributed by atoms with E-state index in [1.807, 2.05) is 6.92 Å². The Balaban J connectivity index is 1.86. The zero-order chi connectivity index (χ0) is 9.97. The van der Waals surface area contributed by atoms with E-state index in [0.717, 1.165) is 25.7 Å². The Morgan fingerprint density at radius 1 is 1.36 bits per heavy atom. The number of nitrogens with two attached hydrogens (primary N) is 1. The minimum Gasteiger partial charge on any atom is -0.335 e. The van der Waals surface area contributed by atoms with Gasteiger partial charge in [-0.15, -0.1) is 0 Å². The second kappa shape index (κ2) is 3.96. The van der Waals surface area contributed by atoms with Gasteiger partial charge >= 0.3 is 6.01 Å². The average molecular weight is 196 g/mol. The second-order valence-electron chi connectivity index (χ2n) is 3.90. The molecule has 5 nitrogen and oxygen atoms in total. The van der Waals surface area contributed by atoms with Crippen molar-refractivity contribution in [3.63, 3.8) is 0 Å². The van der Waals surface area contributed by atoms with Crippen LogP contribution in [0.15, 0.2) is 4.52 Å². The second-order valence-corrected chi connectivity index (χ2v) is 3.90. The Hall–Kier alpha value is -1.10. The van der Waals surface area contributed by atoms with Crippen molar-refractivity contribution in [3.05, 3.63) is 5.82 Å². The number of aromatic nitrogens is 2. The van der Waals surface area contributed by atoms with Crippen molar-refractivity contribution in [1.29, 1.82) is 0 Å². The number of aryl methyl sites for hydroxylation is 1.